The van der Waals surface area contributed by atoms with E-state index >= 15 is 0 Å². The minimum Gasteiger partial charge on any atom is -0.352 e. The van der Waals surface area contributed by atoms with Gasteiger partial charge in [0.1, 0.15) is 6.54 Å². The number of carbonyl (C=O) groups is 1. The van der Waals surface area contributed by atoms with Gasteiger partial charge < -0.3 is 9.88 Å². The number of nitrogens with one attached hydrogen (secondary N) is 1. The molecule has 1 aromatic heterocycles. The van der Waals surface area contributed by atoms with Crippen molar-refractivity contribution in [3.63, 3.8) is 0 Å². The van der Waals surface area contributed by atoms with Crippen molar-refractivity contribution in [2.75, 3.05) is 0 Å². The largest absolute Gasteiger partial charge is 0.352 e. The predicted octanol–water partition coefficient (Wildman–Crippen LogP) is 1.85. The van der Waals surface area contributed by atoms with Crippen LogP contribution in [0, 0.1) is 12.8 Å². The highest BCUT2D eigenvalue weighted by atomic mass is 16.2. The van der Waals surface area contributed by atoms with E-state index in [1.807, 2.05) is 0 Å². The molecule has 1 aliphatic carbocycles. The fourth-order valence-electron chi connectivity index (χ4n) is 2.72. The summed E-state index contributed by atoms with van der Waals surface area (Å²) in [5.41, 5.74) is 0.579. The van der Waals surface area contributed by atoms with Crippen molar-refractivity contribution in [1.29, 1.82) is 0 Å². The molecule has 19 heavy (non-hydrogen) atoms. The van der Waals surface area contributed by atoms with E-state index in [-0.39, 0.29) is 24.1 Å². The molecule has 2 atom stereocenters. The molecule has 1 amide bonds. The molecule has 2 unspecified atom stereocenters. The molecular formula is C15H22N2O2. The van der Waals surface area contributed by atoms with Crippen LogP contribution < -0.4 is 10.9 Å². The Morgan fingerprint density at radius 2 is 2.16 bits per heavy atom. The molecule has 0 saturated heterocycles. The van der Waals surface area contributed by atoms with Gasteiger partial charge in [-0.1, -0.05) is 25.8 Å². The second kappa shape index (κ2) is 6.04. The average molecular weight is 262 g/mol. The molecule has 1 fully saturated rings. The van der Waals surface area contributed by atoms with E-state index in [2.05, 4.69) is 12.2 Å². The smallest absolute Gasteiger partial charge is 0.253 e. The van der Waals surface area contributed by atoms with Gasteiger partial charge >= 0.3 is 0 Å². The molecule has 1 saturated carbocycles. The van der Waals surface area contributed by atoms with Crippen molar-refractivity contribution in [2.45, 2.75) is 52.1 Å². The lowest BCUT2D eigenvalue weighted by Crippen LogP contribution is -2.43. The van der Waals surface area contributed by atoms with Gasteiger partial charge in [0.05, 0.1) is 0 Å². The summed E-state index contributed by atoms with van der Waals surface area (Å²) in [4.78, 5) is 23.9. The molecule has 0 radical (unpaired) electrons. The third kappa shape index (κ3) is 3.46. The van der Waals surface area contributed by atoms with E-state index in [0.29, 0.717) is 11.5 Å². The first-order valence-electron chi connectivity index (χ1n) is 7.03. The van der Waals surface area contributed by atoms with Gasteiger partial charge in [0, 0.05) is 17.8 Å². The van der Waals surface area contributed by atoms with E-state index in [0.717, 1.165) is 6.42 Å². The summed E-state index contributed by atoms with van der Waals surface area (Å²) in [6.45, 7) is 4.06. The zero-order chi connectivity index (χ0) is 13.8. The predicted molar refractivity (Wildman–Crippen MR) is 75.0 cm³/mol. The number of aromatic nitrogens is 1. The minimum atomic E-state index is -0.0886. The third-order valence-corrected chi connectivity index (χ3v) is 3.98. The lowest BCUT2D eigenvalue weighted by atomic mass is 9.86. The number of hydrogen-bond acceptors (Lipinski definition) is 2. The Morgan fingerprint density at radius 3 is 2.89 bits per heavy atom. The molecule has 104 valence electrons. The molecule has 4 heteroatoms. The summed E-state index contributed by atoms with van der Waals surface area (Å²) < 4.78 is 1.47. The van der Waals surface area contributed by atoms with Gasteiger partial charge in [0.15, 0.2) is 0 Å². The Morgan fingerprint density at radius 1 is 1.42 bits per heavy atom. The Kier molecular flexibility index (Phi) is 4.40. The molecule has 4 nitrogen and oxygen atoms in total. The van der Waals surface area contributed by atoms with E-state index in [9.17, 15) is 9.59 Å². The maximum absolute atomic E-state index is 12.0. The summed E-state index contributed by atoms with van der Waals surface area (Å²) >= 11 is 0. The van der Waals surface area contributed by atoms with Crippen molar-refractivity contribution in [3.8, 4) is 0 Å². The SMILES string of the molecule is Cc1cccn(CC(=O)NC2CCCCC2C)c1=O. The van der Waals surface area contributed by atoms with Crippen LogP contribution in [-0.2, 0) is 11.3 Å². The van der Waals surface area contributed by atoms with Gasteiger partial charge in [-0.2, -0.15) is 0 Å². The number of carbonyl (C=O) groups excluding carboxylic acids is 1. The summed E-state index contributed by atoms with van der Waals surface area (Å²) in [6, 6.07) is 3.83. The number of nitrogens with zero attached hydrogens (tertiary/aromatic N) is 1. The fourth-order valence-corrected chi connectivity index (χ4v) is 2.72. The minimum absolute atomic E-state index is 0.0635. The maximum Gasteiger partial charge on any atom is 0.253 e. The van der Waals surface area contributed by atoms with Crippen LogP contribution in [0.1, 0.15) is 38.2 Å². The Hall–Kier alpha value is -1.58. The highest BCUT2D eigenvalue weighted by Gasteiger charge is 2.22. The monoisotopic (exact) mass is 262 g/mol. The molecule has 0 bridgehead atoms. The van der Waals surface area contributed by atoms with Gasteiger partial charge in [-0.25, -0.2) is 0 Å². The first-order chi connectivity index (χ1) is 9.08. The molecule has 1 aliphatic rings. The summed E-state index contributed by atoms with van der Waals surface area (Å²) in [7, 11) is 0. The molecule has 0 spiro atoms. The van der Waals surface area contributed by atoms with Gasteiger partial charge in [-0.15, -0.1) is 0 Å². The van der Waals surface area contributed by atoms with E-state index < -0.39 is 0 Å². The molecule has 2 rings (SSSR count). The zero-order valence-electron chi connectivity index (χ0n) is 11.7. The van der Waals surface area contributed by atoms with Crippen LogP contribution in [-0.4, -0.2) is 16.5 Å². The normalized spacial score (nSPS) is 23.1. The fraction of sp³-hybridized carbons (Fsp3) is 0.600. The van der Waals surface area contributed by atoms with Crippen LogP contribution in [0.2, 0.25) is 0 Å². The first-order valence-corrected chi connectivity index (χ1v) is 7.03. The molecule has 0 aliphatic heterocycles. The summed E-state index contributed by atoms with van der Waals surface area (Å²) in [5, 5.41) is 3.07. The quantitative estimate of drug-likeness (QED) is 0.904. The lowest BCUT2D eigenvalue weighted by molar-refractivity contribution is -0.123. The van der Waals surface area contributed by atoms with Crippen LogP contribution in [0.25, 0.3) is 0 Å². The standard InChI is InChI=1S/C15H22N2O2/c1-11-6-3-4-8-13(11)16-14(18)10-17-9-5-7-12(2)15(17)19/h5,7,9,11,13H,3-4,6,8,10H2,1-2H3,(H,16,18). The Balaban J connectivity index is 1.97. The number of aryl methyl sites for hydroxylation is 1. The average Bonchev–Trinajstić information content (AvgIpc) is 2.38. The molecule has 1 N–H and O–H groups in total. The van der Waals surface area contributed by atoms with Crippen LogP contribution in [0.15, 0.2) is 23.1 Å². The highest BCUT2D eigenvalue weighted by molar-refractivity contribution is 5.76. The zero-order valence-corrected chi connectivity index (χ0v) is 11.7. The maximum atomic E-state index is 12.0. The number of amides is 1. The van der Waals surface area contributed by atoms with Crippen molar-refractivity contribution in [3.05, 3.63) is 34.2 Å². The third-order valence-electron chi connectivity index (χ3n) is 3.98. The highest BCUT2D eigenvalue weighted by Crippen LogP contribution is 2.23. The van der Waals surface area contributed by atoms with Crippen LogP contribution in [0.3, 0.4) is 0 Å². The molecular weight excluding hydrogens is 240 g/mol. The van der Waals surface area contributed by atoms with Crippen molar-refractivity contribution in [2.24, 2.45) is 5.92 Å². The summed E-state index contributed by atoms with van der Waals surface area (Å²) in [6.07, 6.45) is 6.33. The lowest BCUT2D eigenvalue weighted by Gasteiger charge is -2.29. The van der Waals surface area contributed by atoms with E-state index in [1.54, 1.807) is 25.3 Å². The van der Waals surface area contributed by atoms with E-state index in [1.165, 1.54) is 23.8 Å². The number of rotatable bonds is 3. The second-order valence-electron chi connectivity index (χ2n) is 5.56. The molecule has 1 heterocycles. The van der Waals surface area contributed by atoms with Gasteiger partial charge in [-0.05, 0) is 31.7 Å². The number of hydrogen-bond donors (Lipinski definition) is 1. The van der Waals surface area contributed by atoms with Crippen molar-refractivity contribution < 1.29 is 4.79 Å². The van der Waals surface area contributed by atoms with Crippen LogP contribution in [0.4, 0.5) is 0 Å². The summed E-state index contributed by atoms with van der Waals surface area (Å²) in [5.74, 6) is 0.471. The first kappa shape index (κ1) is 13.8. The van der Waals surface area contributed by atoms with Crippen LogP contribution in [0.5, 0.6) is 0 Å². The topological polar surface area (TPSA) is 51.1 Å². The van der Waals surface area contributed by atoms with Crippen molar-refractivity contribution >= 4 is 5.91 Å². The number of pyridine rings is 1. The molecule has 0 aromatic carbocycles. The Bertz CT molecular complexity index is 507. The van der Waals surface area contributed by atoms with Gasteiger partial charge in [0.25, 0.3) is 5.56 Å². The second-order valence-corrected chi connectivity index (χ2v) is 5.56. The van der Waals surface area contributed by atoms with Crippen molar-refractivity contribution in [1.82, 2.24) is 9.88 Å². The van der Waals surface area contributed by atoms with Gasteiger partial charge in [0.2, 0.25) is 5.91 Å². The van der Waals surface area contributed by atoms with Crippen LogP contribution >= 0.6 is 0 Å². The Labute approximate surface area is 113 Å². The van der Waals surface area contributed by atoms with Gasteiger partial charge in [-0.3, -0.25) is 9.59 Å². The molecule has 1 aromatic rings. The van der Waals surface area contributed by atoms with E-state index in [4.69, 9.17) is 0 Å².